The molecule has 5 aromatic carbocycles. The average molecular weight is 425 g/mol. The van der Waals surface area contributed by atoms with Gasteiger partial charge in [-0.05, 0) is 34.2 Å². The Morgan fingerprint density at radius 3 is 2.09 bits per heavy atom. The van der Waals surface area contributed by atoms with Crippen LogP contribution < -0.4 is 4.74 Å². The Morgan fingerprint density at radius 2 is 1.33 bits per heavy atom. The maximum atomic E-state index is 10.2. The highest BCUT2D eigenvalue weighted by Gasteiger charge is 2.21. The Morgan fingerprint density at radius 1 is 0.667 bits per heavy atom. The Kier molecular flexibility index (Phi) is 4.38. The number of H-pyrrole nitrogens is 1. The summed E-state index contributed by atoms with van der Waals surface area (Å²) in [5.41, 5.74) is 7.15. The number of nitrogens with one attached hydrogen (secondary N) is 1. The summed E-state index contributed by atoms with van der Waals surface area (Å²) in [7, 11) is 1.66. The van der Waals surface area contributed by atoms with Gasteiger partial charge in [0, 0.05) is 27.2 Å². The van der Waals surface area contributed by atoms with Crippen molar-refractivity contribution in [2.24, 2.45) is 0 Å². The van der Waals surface area contributed by atoms with Gasteiger partial charge in [-0.25, -0.2) is 0 Å². The molecule has 1 aromatic heterocycles. The van der Waals surface area contributed by atoms with Crippen LogP contribution in [0.15, 0.2) is 97.1 Å². The summed E-state index contributed by atoms with van der Waals surface area (Å²) in [4.78, 5) is 3.60. The van der Waals surface area contributed by atoms with Crippen LogP contribution in [0.2, 0.25) is 0 Å². The van der Waals surface area contributed by atoms with Crippen molar-refractivity contribution >= 4 is 32.6 Å². The topological polar surface area (TPSA) is 48.8 Å². The third-order valence-electron chi connectivity index (χ3n) is 6.36. The summed E-state index contributed by atoms with van der Waals surface area (Å²) in [6, 6.07) is 35.6. The first-order chi connectivity index (χ1) is 16.3. The fourth-order valence-corrected chi connectivity index (χ4v) is 4.89. The number of nitriles is 1. The van der Waals surface area contributed by atoms with Crippen LogP contribution in [0.5, 0.6) is 5.75 Å². The minimum Gasteiger partial charge on any atom is -0.496 e. The van der Waals surface area contributed by atoms with Gasteiger partial charge in [0.1, 0.15) is 11.8 Å². The van der Waals surface area contributed by atoms with Crippen LogP contribution >= 0.6 is 0 Å². The minimum atomic E-state index is 0.638. The molecule has 1 heterocycles. The van der Waals surface area contributed by atoms with Crippen molar-refractivity contribution in [1.82, 2.24) is 4.98 Å². The largest absolute Gasteiger partial charge is 0.496 e. The molecule has 0 saturated heterocycles. The molecule has 0 amide bonds. The highest BCUT2D eigenvalue weighted by atomic mass is 16.5. The fraction of sp³-hybridized carbons (Fsp3) is 0.0333. The maximum Gasteiger partial charge on any atom is 0.128 e. The summed E-state index contributed by atoms with van der Waals surface area (Å²) in [6.07, 6.45) is 0. The van der Waals surface area contributed by atoms with E-state index in [-0.39, 0.29) is 0 Å². The van der Waals surface area contributed by atoms with Crippen LogP contribution in [-0.4, -0.2) is 12.1 Å². The second-order valence-corrected chi connectivity index (χ2v) is 8.11. The summed E-state index contributed by atoms with van der Waals surface area (Å²) in [5, 5.41) is 14.1. The molecule has 0 fully saturated rings. The lowest BCUT2D eigenvalue weighted by Crippen LogP contribution is -1.93. The van der Waals surface area contributed by atoms with Crippen molar-refractivity contribution in [2.45, 2.75) is 0 Å². The lowest BCUT2D eigenvalue weighted by atomic mass is 9.90. The molecule has 33 heavy (non-hydrogen) atoms. The second-order valence-electron chi connectivity index (χ2n) is 8.11. The van der Waals surface area contributed by atoms with Gasteiger partial charge < -0.3 is 9.72 Å². The van der Waals surface area contributed by atoms with E-state index in [9.17, 15) is 5.26 Å². The average Bonchev–Trinajstić information content (AvgIpc) is 3.26. The molecule has 1 N–H and O–H groups in total. The molecule has 3 nitrogen and oxygen atoms in total. The summed E-state index contributed by atoms with van der Waals surface area (Å²) in [5.74, 6) is 0.707. The number of nitrogens with zero attached hydrogens (tertiary/aromatic N) is 1. The van der Waals surface area contributed by atoms with Gasteiger partial charge in [0.25, 0.3) is 0 Å². The molecule has 6 aromatic rings. The van der Waals surface area contributed by atoms with E-state index in [0.29, 0.717) is 11.3 Å². The fourth-order valence-electron chi connectivity index (χ4n) is 4.89. The molecular weight excluding hydrogens is 404 g/mol. The number of para-hydroxylation sites is 1. The maximum absolute atomic E-state index is 10.2. The lowest BCUT2D eigenvalue weighted by Gasteiger charge is -2.14. The molecule has 0 atom stereocenters. The van der Waals surface area contributed by atoms with Crippen molar-refractivity contribution in [3.8, 4) is 34.1 Å². The summed E-state index contributed by atoms with van der Waals surface area (Å²) >= 11 is 0. The lowest BCUT2D eigenvalue weighted by molar-refractivity contribution is 0.420. The van der Waals surface area contributed by atoms with Crippen molar-refractivity contribution in [3.63, 3.8) is 0 Å². The van der Waals surface area contributed by atoms with Gasteiger partial charge in [-0.3, -0.25) is 0 Å². The Balaban J connectivity index is 1.73. The molecule has 6 rings (SSSR count). The van der Waals surface area contributed by atoms with Gasteiger partial charge >= 0.3 is 0 Å². The number of rotatable bonds is 3. The van der Waals surface area contributed by atoms with Gasteiger partial charge in [-0.2, -0.15) is 5.26 Å². The minimum absolute atomic E-state index is 0.638. The van der Waals surface area contributed by atoms with Crippen molar-refractivity contribution in [2.75, 3.05) is 7.11 Å². The van der Waals surface area contributed by atoms with E-state index in [4.69, 9.17) is 4.74 Å². The van der Waals surface area contributed by atoms with Gasteiger partial charge in [0.15, 0.2) is 0 Å². The molecule has 3 heteroatoms. The molecule has 0 bridgehead atoms. The highest BCUT2D eigenvalue weighted by Crippen LogP contribution is 2.44. The molecule has 0 unspecified atom stereocenters. The number of benzene rings is 5. The monoisotopic (exact) mass is 424 g/mol. The standard InChI is InChI=1S/C30H20N2O/c1-33-26-13-7-11-23-27(21-16-14-20(15-17-21)19-8-3-2-4-9-19)30-29(24(18-31)28(23)26)22-10-5-6-12-25(22)32-30/h2-17,32H,1H3. The number of methoxy groups -OCH3 is 1. The van der Waals surface area contributed by atoms with E-state index in [1.54, 1.807) is 7.11 Å². The zero-order valence-electron chi connectivity index (χ0n) is 18.1. The molecule has 0 aliphatic carbocycles. The third-order valence-corrected chi connectivity index (χ3v) is 6.36. The Labute approximate surface area is 191 Å². The van der Waals surface area contributed by atoms with Crippen LogP contribution in [0, 0.1) is 11.3 Å². The first-order valence-corrected chi connectivity index (χ1v) is 10.9. The SMILES string of the molecule is COc1cccc2c(-c3ccc(-c4ccccc4)cc3)c3[nH]c4ccccc4c3c(C#N)c12. The quantitative estimate of drug-likeness (QED) is 0.316. The molecule has 0 spiro atoms. The van der Waals surface area contributed by atoms with Crippen LogP contribution in [0.25, 0.3) is 54.8 Å². The van der Waals surface area contributed by atoms with Crippen LogP contribution in [0.1, 0.15) is 5.56 Å². The van der Waals surface area contributed by atoms with E-state index >= 15 is 0 Å². The number of aromatic amines is 1. The van der Waals surface area contributed by atoms with Crippen LogP contribution in [0.3, 0.4) is 0 Å². The van der Waals surface area contributed by atoms with Gasteiger partial charge in [-0.15, -0.1) is 0 Å². The van der Waals surface area contributed by atoms with E-state index in [1.165, 1.54) is 11.1 Å². The van der Waals surface area contributed by atoms with Gasteiger partial charge in [0.05, 0.1) is 18.2 Å². The first kappa shape index (κ1) is 19.2. The first-order valence-electron chi connectivity index (χ1n) is 10.9. The summed E-state index contributed by atoms with van der Waals surface area (Å²) < 4.78 is 5.71. The number of aromatic nitrogens is 1. The van der Waals surface area contributed by atoms with E-state index in [0.717, 1.165) is 43.7 Å². The predicted octanol–water partition coefficient (Wildman–Crippen LogP) is 7.69. The molecule has 156 valence electrons. The number of fused-ring (bicyclic) bond motifs is 4. The number of ether oxygens (including phenoxy) is 1. The third kappa shape index (κ3) is 2.89. The normalized spacial score (nSPS) is 11.2. The smallest absolute Gasteiger partial charge is 0.128 e. The molecule has 0 aliphatic rings. The van der Waals surface area contributed by atoms with Crippen molar-refractivity contribution in [3.05, 3.63) is 103 Å². The van der Waals surface area contributed by atoms with E-state index in [2.05, 4.69) is 77.8 Å². The molecule has 0 radical (unpaired) electrons. The molecule has 0 saturated carbocycles. The zero-order chi connectivity index (χ0) is 22.4. The summed E-state index contributed by atoms with van der Waals surface area (Å²) in [6.45, 7) is 0. The van der Waals surface area contributed by atoms with Gasteiger partial charge in [0.2, 0.25) is 0 Å². The number of hydrogen-bond donors (Lipinski definition) is 1. The Hall–Kier alpha value is -4.55. The predicted molar refractivity (Wildman–Crippen MR) is 135 cm³/mol. The Bertz CT molecular complexity index is 1690. The van der Waals surface area contributed by atoms with Gasteiger partial charge in [-0.1, -0.05) is 84.9 Å². The number of hydrogen-bond acceptors (Lipinski definition) is 2. The van der Waals surface area contributed by atoms with Crippen LogP contribution in [-0.2, 0) is 0 Å². The van der Waals surface area contributed by atoms with Crippen molar-refractivity contribution in [1.29, 1.82) is 5.26 Å². The van der Waals surface area contributed by atoms with E-state index < -0.39 is 0 Å². The highest BCUT2D eigenvalue weighted by molar-refractivity contribution is 6.24. The van der Waals surface area contributed by atoms with Crippen LogP contribution in [0.4, 0.5) is 0 Å². The molecular formula is C30H20N2O. The molecule has 0 aliphatic heterocycles. The van der Waals surface area contributed by atoms with E-state index in [1.807, 2.05) is 30.3 Å². The van der Waals surface area contributed by atoms with Crippen molar-refractivity contribution < 1.29 is 4.74 Å². The second kappa shape index (κ2) is 7.55. The zero-order valence-corrected chi connectivity index (χ0v) is 18.1.